The van der Waals surface area contributed by atoms with Gasteiger partial charge < -0.3 is 15.6 Å². The second-order valence-electron chi connectivity index (χ2n) is 5.65. The Morgan fingerprint density at radius 2 is 2.04 bits per heavy atom. The number of amides is 1. The number of nitrogens with zero attached hydrogens (tertiary/aromatic N) is 2. The highest BCUT2D eigenvalue weighted by atomic mass is 35.5. The molecular formula is C16H24Cl2N4O. The van der Waals surface area contributed by atoms with Gasteiger partial charge in [0.1, 0.15) is 5.82 Å². The van der Waals surface area contributed by atoms with Crippen molar-refractivity contribution in [2.75, 3.05) is 5.73 Å². The Hall–Kier alpha value is -1.72. The summed E-state index contributed by atoms with van der Waals surface area (Å²) in [7, 11) is 0. The van der Waals surface area contributed by atoms with Crippen LogP contribution in [0.2, 0.25) is 0 Å². The molecular weight excluding hydrogens is 335 g/mol. The summed E-state index contributed by atoms with van der Waals surface area (Å²) in [5, 5.41) is 2.91. The van der Waals surface area contributed by atoms with Crippen molar-refractivity contribution < 1.29 is 4.79 Å². The van der Waals surface area contributed by atoms with Crippen LogP contribution in [0.15, 0.2) is 30.6 Å². The first-order chi connectivity index (χ1) is 9.97. The second kappa shape index (κ2) is 9.43. The fourth-order valence-corrected chi connectivity index (χ4v) is 2.21. The Kier molecular flexibility index (Phi) is 8.72. The molecule has 0 saturated heterocycles. The van der Waals surface area contributed by atoms with E-state index >= 15 is 0 Å². The van der Waals surface area contributed by atoms with Crippen molar-refractivity contribution >= 4 is 36.4 Å². The van der Waals surface area contributed by atoms with Gasteiger partial charge in [-0.2, -0.15) is 0 Å². The van der Waals surface area contributed by atoms with Crippen molar-refractivity contribution in [3.05, 3.63) is 47.5 Å². The molecule has 1 amide bonds. The van der Waals surface area contributed by atoms with Crippen molar-refractivity contribution in [1.82, 2.24) is 14.9 Å². The van der Waals surface area contributed by atoms with Gasteiger partial charge in [-0.15, -0.1) is 24.8 Å². The number of aryl methyl sites for hydroxylation is 1. The topological polar surface area (TPSA) is 72.9 Å². The van der Waals surface area contributed by atoms with Crippen molar-refractivity contribution in [2.45, 2.75) is 33.9 Å². The molecule has 0 aliphatic carbocycles. The molecule has 0 aliphatic heterocycles. The van der Waals surface area contributed by atoms with Gasteiger partial charge in [0.25, 0.3) is 5.91 Å². The number of halogens is 2. The van der Waals surface area contributed by atoms with Crippen LogP contribution >= 0.6 is 24.8 Å². The Morgan fingerprint density at radius 1 is 1.35 bits per heavy atom. The first kappa shape index (κ1) is 21.3. The zero-order valence-electron chi connectivity index (χ0n) is 13.6. The first-order valence-electron chi connectivity index (χ1n) is 7.11. The zero-order chi connectivity index (χ0) is 15.4. The van der Waals surface area contributed by atoms with Gasteiger partial charge >= 0.3 is 0 Å². The van der Waals surface area contributed by atoms with E-state index in [1.54, 1.807) is 18.3 Å². The van der Waals surface area contributed by atoms with E-state index in [4.69, 9.17) is 5.73 Å². The molecule has 1 heterocycles. The lowest BCUT2D eigenvalue weighted by Gasteiger charge is -2.12. The van der Waals surface area contributed by atoms with E-state index in [9.17, 15) is 4.79 Å². The molecule has 1 aromatic carbocycles. The smallest absolute Gasteiger partial charge is 0.251 e. The van der Waals surface area contributed by atoms with Crippen LogP contribution in [0.4, 0.5) is 5.69 Å². The number of hydrogen-bond donors (Lipinski definition) is 2. The molecule has 5 nitrogen and oxygen atoms in total. The number of benzene rings is 1. The van der Waals surface area contributed by atoms with Crippen LogP contribution in [0, 0.1) is 12.8 Å². The molecule has 0 radical (unpaired) electrons. The molecule has 0 bridgehead atoms. The minimum atomic E-state index is -0.126. The molecule has 2 aromatic rings. The highest BCUT2D eigenvalue weighted by Crippen LogP contribution is 2.12. The minimum absolute atomic E-state index is 0. The largest absolute Gasteiger partial charge is 0.399 e. The third kappa shape index (κ3) is 5.77. The molecule has 7 heteroatoms. The number of hydrogen-bond acceptors (Lipinski definition) is 3. The lowest BCUT2D eigenvalue weighted by molar-refractivity contribution is 0.0949. The van der Waals surface area contributed by atoms with E-state index in [0.29, 0.717) is 23.7 Å². The Morgan fingerprint density at radius 3 is 2.70 bits per heavy atom. The number of nitrogen functional groups attached to an aromatic ring is 1. The Balaban J connectivity index is 0.00000242. The highest BCUT2D eigenvalue weighted by Gasteiger charge is 2.11. The summed E-state index contributed by atoms with van der Waals surface area (Å²) in [4.78, 5) is 16.5. The van der Waals surface area contributed by atoms with Gasteiger partial charge in [0, 0.05) is 30.2 Å². The zero-order valence-corrected chi connectivity index (χ0v) is 15.2. The lowest BCUT2D eigenvalue weighted by atomic mass is 10.1. The number of nitrogens with one attached hydrogen (secondary N) is 1. The van der Waals surface area contributed by atoms with Gasteiger partial charge in [0.2, 0.25) is 0 Å². The molecule has 0 fully saturated rings. The summed E-state index contributed by atoms with van der Waals surface area (Å²) in [5.41, 5.74) is 7.85. The number of carbonyl (C=O) groups excluding carboxylic acids is 1. The average molecular weight is 359 g/mol. The third-order valence-electron chi connectivity index (χ3n) is 3.28. The van der Waals surface area contributed by atoms with Crippen molar-refractivity contribution in [3.63, 3.8) is 0 Å². The average Bonchev–Trinajstić information content (AvgIpc) is 2.85. The number of aromatic nitrogens is 2. The first-order valence-corrected chi connectivity index (χ1v) is 7.11. The van der Waals surface area contributed by atoms with Crippen LogP contribution in [0.25, 0.3) is 0 Å². The third-order valence-corrected chi connectivity index (χ3v) is 3.28. The maximum Gasteiger partial charge on any atom is 0.251 e. The molecule has 0 saturated carbocycles. The van der Waals surface area contributed by atoms with Gasteiger partial charge in [-0.25, -0.2) is 4.98 Å². The predicted octanol–water partition coefficient (Wildman–Crippen LogP) is 3.20. The summed E-state index contributed by atoms with van der Waals surface area (Å²) in [6.07, 6.45) is 3.70. The lowest BCUT2D eigenvalue weighted by Crippen LogP contribution is -2.25. The molecule has 0 atom stereocenters. The predicted molar refractivity (Wildman–Crippen MR) is 98.3 cm³/mol. The summed E-state index contributed by atoms with van der Waals surface area (Å²) >= 11 is 0. The quantitative estimate of drug-likeness (QED) is 0.806. The van der Waals surface area contributed by atoms with Crippen molar-refractivity contribution in [3.8, 4) is 0 Å². The molecule has 0 aliphatic rings. The normalized spacial score (nSPS) is 9.91. The molecule has 0 unspecified atom stereocenters. The summed E-state index contributed by atoms with van der Waals surface area (Å²) in [6, 6.07) is 5.34. The van der Waals surface area contributed by atoms with E-state index < -0.39 is 0 Å². The van der Waals surface area contributed by atoms with Gasteiger partial charge in [0.15, 0.2) is 0 Å². The summed E-state index contributed by atoms with van der Waals surface area (Å²) in [6.45, 7) is 7.50. The summed E-state index contributed by atoms with van der Waals surface area (Å²) in [5.74, 6) is 1.27. The molecule has 3 N–H and O–H groups in total. The van der Waals surface area contributed by atoms with E-state index in [1.165, 1.54) is 0 Å². The number of rotatable bonds is 5. The van der Waals surface area contributed by atoms with Crippen LogP contribution in [0.1, 0.15) is 35.6 Å². The van der Waals surface area contributed by atoms with Gasteiger partial charge in [-0.1, -0.05) is 19.9 Å². The van der Waals surface area contributed by atoms with Crippen molar-refractivity contribution in [1.29, 1.82) is 0 Å². The fourth-order valence-electron chi connectivity index (χ4n) is 2.21. The highest BCUT2D eigenvalue weighted by molar-refractivity contribution is 5.96. The van der Waals surface area contributed by atoms with Gasteiger partial charge in [0.05, 0.1) is 6.54 Å². The molecule has 128 valence electrons. The van der Waals surface area contributed by atoms with E-state index in [2.05, 4.69) is 28.7 Å². The molecule has 1 aromatic heterocycles. The monoisotopic (exact) mass is 358 g/mol. The standard InChI is InChI=1S/C16H22N4O.2ClH/c1-11(2)10-20-7-6-18-15(20)9-19-16(21)14-8-13(17)5-4-12(14)3;;/h4-8,11H,9-10,17H2,1-3H3,(H,19,21);2*1H. The van der Waals surface area contributed by atoms with Crippen LogP contribution < -0.4 is 11.1 Å². The Bertz CT molecular complexity index is 641. The van der Waals surface area contributed by atoms with Crippen LogP contribution in [-0.4, -0.2) is 15.5 Å². The van der Waals surface area contributed by atoms with Crippen LogP contribution in [0.5, 0.6) is 0 Å². The number of carbonyl (C=O) groups is 1. The maximum absolute atomic E-state index is 12.2. The van der Waals surface area contributed by atoms with E-state index in [1.807, 2.05) is 19.2 Å². The number of anilines is 1. The number of imidazole rings is 1. The van der Waals surface area contributed by atoms with Crippen molar-refractivity contribution in [2.24, 2.45) is 5.92 Å². The van der Waals surface area contributed by atoms with Crippen LogP contribution in [0.3, 0.4) is 0 Å². The van der Waals surface area contributed by atoms with Gasteiger partial charge in [-0.05, 0) is 30.5 Å². The fraction of sp³-hybridized carbons (Fsp3) is 0.375. The van der Waals surface area contributed by atoms with E-state index in [-0.39, 0.29) is 30.7 Å². The van der Waals surface area contributed by atoms with Crippen LogP contribution in [-0.2, 0) is 13.1 Å². The van der Waals surface area contributed by atoms with E-state index in [0.717, 1.165) is 17.9 Å². The Labute approximate surface area is 149 Å². The SMILES string of the molecule is Cc1ccc(N)cc1C(=O)NCc1nccn1CC(C)C.Cl.Cl. The van der Waals surface area contributed by atoms with Gasteiger partial charge in [-0.3, -0.25) is 4.79 Å². The molecule has 23 heavy (non-hydrogen) atoms. The summed E-state index contributed by atoms with van der Waals surface area (Å²) < 4.78 is 2.07. The maximum atomic E-state index is 12.2. The molecule has 2 rings (SSSR count). The second-order valence-corrected chi connectivity index (χ2v) is 5.65. The minimum Gasteiger partial charge on any atom is -0.399 e. The molecule has 0 spiro atoms. The number of nitrogens with two attached hydrogens (primary N) is 1.